The average Bonchev–Trinajstić information content (AvgIpc) is 2.50. The standard InChI is InChI=1S/C16H28N4/c1-4-20-9-6-14(7-10-20)19(3)16(11-17)15-12-18-8-5-13(15)2/h5,8,12,14,16H,4,6-7,9-11,17H2,1-3H3. The number of pyridine rings is 1. The maximum atomic E-state index is 6.05. The molecule has 1 aliphatic rings. The fourth-order valence-corrected chi connectivity index (χ4v) is 3.23. The highest BCUT2D eigenvalue weighted by Crippen LogP contribution is 2.26. The van der Waals surface area contributed by atoms with Crippen LogP contribution in [0.25, 0.3) is 0 Å². The molecule has 1 saturated heterocycles. The fourth-order valence-electron chi connectivity index (χ4n) is 3.23. The average molecular weight is 276 g/mol. The van der Waals surface area contributed by atoms with Crippen LogP contribution >= 0.6 is 0 Å². The molecule has 2 rings (SSSR count). The Balaban J connectivity index is 2.06. The van der Waals surface area contributed by atoms with Crippen molar-refractivity contribution in [3.05, 3.63) is 29.6 Å². The molecular formula is C16H28N4. The summed E-state index contributed by atoms with van der Waals surface area (Å²) in [7, 11) is 2.22. The van der Waals surface area contributed by atoms with E-state index in [1.54, 1.807) is 0 Å². The van der Waals surface area contributed by atoms with E-state index in [4.69, 9.17) is 5.73 Å². The van der Waals surface area contributed by atoms with Gasteiger partial charge in [-0.2, -0.15) is 0 Å². The van der Waals surface area contributed by atoms with E-state index in [1.807, 2.05) is 12.4 Å². The van der Waals surface area contributed by atoms with E-state index in [0.717, 1.165) is 0 Å². The van der Waals surface area contributed by atoms with Gasteiger partial charge in [0, 0.05) is 31.0 Å². The molecule has 1 aliphatic heterocycles. The van der Waals surface area contributed by atoms with Gasteiger partial charge in [0.25, 0.3) is 0 Å². The van der Waals surface area contributed by atoms with E-state index in [2.05, 4.69) is 41.7 Å². The number of aromatic nitrogens is 1. The van der Waals surface area contributed by atoms with Gasteiger partial charge >= 0.3 is 0 Å². The summed E-state index contributed by atoms with van der Waals surface area (Å²) in [6.07, 6.45) is 6.30. The zero-order valence-corrected chi connectivity index (χ0v) is 13.0. The SMILES string of the molecule is CCN1CCC(N(C)C(CN)c2cnccc2C)CC1. The first-order chi connectivity index (χ1) is 9.67. The quantitative estimate of drug-likeness (QED) is 0.891. The van der Waals surface area contributed by atoms with Crippen molar-refractivity contribution in [3.63, 3.8) is 0 Å². The van der Waals surface area contributed by atoms with Crippen LogP contribution in [0, 0.1) is 6.92 Å². The number of piperidine rings is 1. The Bertz CT molecular complexity index is 413. The van der Waals surface area contributed by atoms with Crippen LogP contribution in [0.2, 0.25) is 0 Å². The Morgan fingerprint density at radius 3 is 2.70 bits per heavy atom. The van der Waals surface area contributed by atoms with Gasteiger partial charge in [0.05, 0.1) is 0 Å². The van der Waals surface area contributed by atoms with Crippen LogP contribution in [0.1, 0.15) is 36.9 Å². The minimum Gasteiger partial charge on any atom is -0.329 e. The molecule has 20 heavy (non-hydrogen) atoms. The first-order valence-electron chi connectivity index (χ1n) is 7.72. The maximum Gasteiger partial charge on any atom is 0.0488 e. The van der Waals surface area contributed by atoms with Crippen LogP contribution in [-0.2, 0) is 0 Å². The van der Waals surface area contributed by atoms with Gasteiger partial charge in [-0.1, -0.05) is 6.92 Å². The summed E-state index contributed by atoms with van der Waals surface area (Å²) in [5.74, 6) is 0. The lowest BCUT2D eigenvalue weighted by Gasteiger charge is -2.40. The van der Waals surface area contributed by atoms with E-state index in [9.17, 15) is 0 Å². The molecular weight excluding hydrogens is 248 g/mol. The molecule has 0 bridgehead atoms. The molecule has 1 fully saturated rings. The van der Waals surface area contributed by atoms with Crippen molar-refractivity contribution in [1.29, 1.82) is 0 Å². The Morgan fingerprint density at radius 1 is 1.45 bits per heavy atom. The zero-order chi connectivity index (χ0) is 14.5. The molecule has 4 heteroatoms. The molecule has 2 heterocycles. The highest BCUT2D eigenvalue weighted by atomic mass is 15.2. The number of likely N-dealkylation sites (tertiary alicyclic amines) is 1. The lowest BCUT2D eigenvalue weighted by Crippen LogP contribution is -2.46. The molecule has 0 aromatic carbocycles. The first kappa shape index (κ1) is 15.4. The van der Waals surface area contributed by atoms with Gasteiger partial charge in [-0.15, -0.1) is 0 Å². The summed E-state index contributed by atoms with van der Waals surface area (Å²) in [4.78, 5) is 9.27. The van der Waals surface area contributed by atoms with E-state index >= 15 is 0 Å². The maximum absolute atomic E-state index is 6.05. The minimum atomic E-state index is 0.280. The number of nitrogens with zero attached hydrogens (tertiary/aromatic N) is 3. The second-order valence-corrected chi connectivity index (χ2v) is 5.81. The predicted molar refractivity (Wildman–Crippen MR) is 83.7 cm³/mol. The molecule has 1 aromatic rings. The van der Waals surface area contributed by atoms with Crippen LogP contribution in [0.5, 0.6) is 0 Å². The van der Waals surface area contributed by atoms with Crippen molar-refractivity contribution < 1.29 is 0 Å². The summed E-state index contributed by atoms with van der Waals surface area (Å²) < 4.78 is 0. The van der Waals surface area contributed by atoms with Crippen LogP contribution in [0.3, 0.4) is 0 Å². The molecule has 1 aromatic heterocycles. The molecule has 112 valence electrons. The Hall–Kier alpha value is -0.970. The Labute approximate surface area is 123 Å². The third-order valence-corrected chi connectivity index (χ3v) is 4.73. The lowest BCUT2D eigenvalue weighted by molar-refractivity contribution is 0.100. The largest absolute Gasteiger partial charge is 0.329 e. The zero-order valence-electron chi connectivity index (χ0n) is 13.0. The number of hydrogen-bond donors (Lipinski definition) is 1. The van der Waals surface area contributed by atoms with Crippen molar-refractivity contribution in [2.45, 2.75) is 38.8 Å². The van der Waals surface area contributed by atoms with Crippen molar-refractivity contribution in [1.82, 2.24) is 14.8 Å². The second-order valence-electron chi connectivity index (χ2n) is 5.81. The van der Waals surface area contributed by atoms with Gasteiger partial charge in [-0.25, -0.2) is 0 Å². The van der Waals surface area contributed by atoms with E-state index < -0.39 is 0 Å². The van der Waals surface area contributed by atoms with E-state index in [1.165, 1.54) is 43.6 Å². The summed E-state index contributed by atoms with van der Waals surface area (Å²) in [6, 6.07) is 2.98. The highest BCUT2D eigenvalue weighted by Gasteiger charge is 2.27. The summed E-state index contributed by atoms with van der Waals surface area (Å²) >= 11 is 0. The van der Waals surface area contributed by atoms with Crippen molar-refractivity contribution in [2.24, 2.45) is 5.73 Å². The topological polar surface area (TPSA) is 45.4 Å². The summed E-state index contributed by atoms with van der Waals surface area (Å²) in [6.45, 7) is 8.61. The molecule has 4 nitrogen and oxygen atoms in total. The van der Waals surface area contributed by atoms with Gasteiger partial charge in [0.15, 0.2) is 0 Å². The van der Waals surface area contributed by atoms with Crippen LogP contribution in [-0.4, -0.2) is 54.1 Å². The van der Waals surface area contributed by atoms with Crippen molar-refractivity contribution in [3.8, 4) is 0 Å². The smallest absolute Gasteiger partial charge is 0.0488 e. The van der Waals surface area contributed by atoms with Gasteiger partial charge in [-0.3, -0.25) is 9.88 Å². The fraction of sp³-hybridized carbons (Fsp3) is 0.688. The van der Waals surface area contributed by atoms with Gasteiger partial charge in [0.1, 0.15) is 0 Å². The summed E-state index contributed by atoms with van der Waals surface area (Å²) in [5.41, 5.74) is 8.61. The number of aryl methyl sites for hydroxylation is 1. The molecule has 0 spiro atoms. The van der Waals surface area contributed by atoms with E-state index in [0.29, 0.717) is 12.6 Å². The van der Waals surface area contributed by atoms with Crippen LogP contribution in [0.4, 0.5) is 0 Å². The summed E-state index contributed by atoms with van der Waals surface area (Å²) in [5, 5.41) is 0. The Morgan fingerprint density at radius 2 is 2.15 bits per heavy atom. The normalized spacial score (nSPS) is 19.4. The lowest BCUT2D eigenvalue weighted by atomic mass is 9.97. The number of likely N-dealkylation sites (N-methyl/N-ethyl adjacent to an activating group) is 1. The van der Waals surface area contributed by atoms with Crippen LogP contribution in [0.15, 0.2) is 18.5 Å². The highest BCUT2D eigenvalue weighted by molar-refractivity contribution is 5.25. The number of rotatable bonds is 5. The molecule has 1 unspecified atom stereocenters. The molecule has 1 atom stereocenters. The van der Waals surface area contributed by atoms with Crippen molar-refractivity contribution >= 4 is 0 Å². The first-order valence-corrected chi connectivity index (χ1v) is 7.72. The number of nitrogens with two attached hydrogens (primary N) is 1. The van der Waals surface area contributed by atoms with Crippen molar-refractivity contribution in [2.75, 3.05) is 33.2 Å². The number of hydrogen-bond acceptors (Lipinski definition) is 4. The molecule has 0 aliphatic carbocycles. The predicted octanol–water partition coefficient (Wildman–Crippen LogP) is 1.81. The molecule has 0 radical (unpaired) electrons. The molecule has 0 amide bonds. The van der Waals surface area contributed by atoms with Crippen LogP contribution < -0.4 is 5.73 Å². The molecule has 2 N–H and O–H groups in total. The minimum absolute atomic E-state index is 0.280. The third-order valence-electron chi connectivity index (χ3n) is 4.73. The van der Waals surface area contributed by atoms with Gasteiger partial charge < -0.3 is 10.6 Å². The monoisotopic (exact) mass is 276 g/mol. The second kappa shape index (κ2) is 7.16. The van der Waals surface area contributed by atoms with Gasteiger partial charge in [-0.05, 0) is 63.6 Å². The third kappa shape index (κ3) is 3.37. The van der Waals surface area contributed by atoms with Gasteiger partial charge in [0.2, 0.25) is 0 Å². The molecule has 0 saturated carbocycles. The Kier molecular flexibility index (Phi) is 5.52. The van der Waals surface area contributed by atoms with E-state index in [-0.39, 0.29) is 6.04 Å².